The minimum atomic E-state index is -0.274. The number of hydrogen-bond donors (Lipinski definition) is 0. The van der Waals surface area contributed by atoms with Crippen molar-refractivity contribution in [2.24, 2.45) is 0 Å². The summed E-state index contributed by atoms with van der Waals surface area (Å²) in [5.41, 5.74) is 2.80. The Morgan fingerprint density at radius 3 is 2.80 bits per heavy atom. The van der Waals surface area contributed by atoms with Gasteiger partial charge in [-0.15, -0.1) is 0 Å². The highest BCUT2D eigenvalue weighted by Gasteiger charge is 2.35. The number of aromatic nitrogens is 2. The third-order valence-corrected chi connectivity index (χ3v) is 7.88. The topological polar surface area (TPSA) is 75.4 Å². The maximum atomic E-state index is 12.5. The quantitative estimate of drug-likeness (QED) is 0.289. The number of anilines is 1. The molecule has 0 saturated carbocycles. The standard InChI is InChI=1S/C31H35ClN6O3/c1-6-28(39)38-14-13-37(18-22(38)16-33-3)30-24-19-40-27(23-11-7-9-21-10-8-12-25(32)29(21)23)15-26(24)34-31(35-30)41-20(2)17-36(4)5/h6-12,20,22,27H,1,13-19H2,2,4-5H3/t20?,22-,27?/m0/s1. The molecule has 2 aliphatic rings. The Kier molecular flexibility index (Phi) is 8.74. The fourth-order valence-electron chi connectivity index (χ4n) is 5.78. The molecule has 3 atom stereocenters. The van der Waals surface area contributed by atoms with Crippen molar-refractivity contribution < 1.29 is 14.3 Å². The number of amides is 1. The first kappa shape index (κ1) is 28.8. The van der Waals surface area contributed by atoms with Gasteiger partial charge in [-0.2, -0.15) is 9.97 Å². The van der Waals surface area contributed by atoms with Gasteiger partial charge in [-0.1, -0.05) is 48.5 Å². The molecule has 3 heterocycles. The molecule has 10 heteroatoms. The Labute approximate surface area is 246 Å². The summed E-state index contributed by atoms with van der Waals surface area (Å²) in [5, 5.41) is 2.74. The monoisotopic (exact) mass is 574 g/mol. The molecule has 2 unspecified atom stereocenters. The molecule has 0 aliphatic carbocycles. The average Bonchev–Trinajstić information content (AvgIpc) is 2.95. The molecule has 214 valence electrons. The summed E-state index contributed by atoms with van der Waals surface area (Å²) < 4.78 is 12.7. The summed E-state index contributed by atoms with van der Waals surface area (Å²) in [7, 11) is 4.00. The maximum Gasteiger partial charge on any atom is 0.318 e. The highest BCUT2D eigenvalue weighted by atomic mass is 35.5. The molecule has 2 aliphatic heterocycles. The van der Waals surface area contributed by atoms with Crippen LogP contribution in [0.3, 0.4) is 0 Å². The summed E-state index contributed by atoms with van der Waals surface area (Å²) >= 11 is 6.65. The van der Waals surface area contributed by atoms with E-state index in [-0.39, 0.29) is 30.7 Å². The van der Waals surface area contributed by atoms with Crippen LogP contribution in [0.5, 0.6) is 6.01 Å². The predicted octanol–water partition coefficient (Wildman–Crippen LogP) is 4.55. The zero-order valence-corrected chi connectivity index (χ0v) is 24.5. The van der Waals surface area contributed by atoms with Crippen molar-refractivity contribution in [2.75, 3.05) is 51.7 Å². The smallest absolute Gasteiger partial charge is 0.318 e. The number of hydrogen-bond acceptors (Lipinski definition) is 7. The summed E-state index contributed by atoms with van der Waals surface area (Å²) in [4.78, 5) is 31.8. The number of carbonyl (C=O) groups excluding carboxylic acids is 1. The van der Waals surface area contributed by atoms with Crippen molar-refractivity contribution >= 4 is 34.1 Å². The van der Waals surface area contributed by atoms with Crippen LogP contribution in [0, 0.1) is 6.57 Å². The molecule has 0 radical (unpaired) electrons. The van der Waals surface area contributed by atoms with Crippen LogP contribution in [0.25, 0.3) is 15.6 Å². The Morgan fingerprint density at radius 2 is 2.07 bits per heavy atom. The molecule has 0 spiro atoms. The van der Waals surface area contributed by atoms with Crippen molar-refractivity contribution in [1.29, 1.82) is 0 Å². The van der Waals surface area contributed by atoms with Crippen molar-refractivity contribution in [1.82, 2.24) is 19.8 Å². The number of fused-ring (bicyclic) bond motifs is 2. The van der Waals surface area contributed by atoms with Crippen molar-refractivity contribution in [3.63, 3.8) is 0 Å². The van der Waals surface area contributed by atoms with Gasteiger partial charge in [0.15, 0.2) is 0 Å². The SMILES string of the molecule is [C-]#[N+]C[C@H]1CN(c2nc(OC(C)CN(C)C)nc3c2COC(c2cccc4cccc(Cl)c24)C3)CCN1C(=O)C=C. The van der Waals surface area contributed by atoms with E-state index in [1.165, 1.54) is 6.08 Å². The van der Waals surface area contributed by atoms with Gasteiger partial charge >= 0.3 is 6.01 Å². The lowest BCUT2D eigenvalue weighted by Gasteiger charge is -2.40. The first-order chi connectivity index (χ1) is 19.8. The normalized spacial score (nSPS) is 19.5. The van der Waals surface area contributed by atoms with Gasteiger partial charge in [-0.3, -0.25) is 4.79 Å². The lowest BCUT2D eigenvalue weighted by molar-refractivity contribution is -0.128. The van der Waals surface area contributed by atoms with Crippen molar-refractivity contribution in [2.45, 2.75) is 38.2 Å². The van der Waals surface area contributed by atoms with Crippen LogP contribution in [0.2, 0.25) is 5.02 Å². The fraction of sp³-hybridized carbons (Fsp3) is 0.419. The zero-order valence-electron chi connectivity index (χ0n) is 23.7. The van der Waals surface area contributed by atoms with Crippen LogP contribution in [0.4, 0.5) is 5.82 Å². The van der Waals surface area contributed by atoms with E-state index in [1.54, 1.807) is 4.90 Å². The number of benzene rings is 2. The van der Waals surface area contributed by atoms with E-state index in [1.807, 2.05) is 39.2 Å². The fourth-order valence-corrected chi connectivity index (χ4v) is 6.07. The number of piperazine rings is 1. The van der Waals surface area contributed by atoms with Gasteiger partial charge in [0.2, 0.25) is 12.5 Å². The van der Waals surface area contributed by atoms with E-state index in [4.69, 9.17) is 37.6 Å². The Morgan fingerprint density at radius 1 is 1.29 bits per heavy atom. The molecule has 9 nitrogen and oxygen atoms in total. The highest BCUT2D eigenvalue weighted by molar-refractivity contribution is 6.35. The van der Waals surface area contributed by atoms with E-state index in [0.717, 1.165) is 33.4 Å². The van der Waals surface area contributed by atoms with Crippen LogP contribution in [0.15, 0.2) is 49.1 Å². The van der Waals surface area contributed by atoms with Crippen molar-refractivity contribution in [3.8, 4) is 6.01 Å². The van der Waals surface area contributed by atoms with E-state index < -0.39 is 0 Å². The molecule has 1 aromatic heterocycles. The minimum Gasteiger partial charge on any atom is -0.459 e. The van der Waals surface area contributed by atoms with Gasteiger partial charge in [0, 0.05) is 48.6 Å². The number of rotatable bonds is 8. The zero-order chi connectivity index (χ0) is 29.1. The second kappa shape index (κ2) is 12.4. The molecule has 41 heavy (non-hydrogen) atoms. The van der Waals surface area contributed by atoms with Crippen LogP contribution in [0.1, 0.15) is 29.8 Å². The van der Waals surface area contributed by atoms with Crippen LogP contribution < -0.4 is 9.64 Å². The summed E-state index contributed by atoms with van der Waals surface area (Å²) in [6, 6.07) is 12.1. The molecule has 1 amide bonds. The van der Waals surface area contributed by atoms with Gasteiger partial charge in [-0.05, 0) is 44.1 Å². The molecular weight excluding hydrogens is 540 g/mol. The summed E-state index contributed by atoms with van der Waals surface area (Å²) in [6.07, 6.45) is 1.48. The molecule has 0 bridgehead atoms. The second-order valence-electron chi connectivity index (χ2n) is 10.8. The molecule has 5 rings (SSSR count). The first-order valence-electron chi connectivity index (χ1n) is 13.8. The molecule has 2 aromatic carbocycles. The second-order valence-corrected chi connectivity index (χ2v) is 11.2. The maximum absolute atomic E-state index is 12.5. The van der Waals surface area contributed by atoms with Crippen LogP contribution in [-0.4, -0.2) is 84.6 Å². The minimum absolute atomic E-state index is 0.125. The van der Waals surface area contributed by atoms with Gasteiger partial charge in [0.1, 0.15) is 18.0 Å². The predicted molar refractivity (Wildman–Crippen MR) is 160 cm³/mol. The Hall–Kier alpha value is -3.71. The number of ether oxygens (including phenoxy) is 2. The lowest BCUT2D eigenvalue weighted by Crippen LogP contribution is -2.56. The number of likely N-dealkylation sites (N-methyl/N-ethyl adjacent to an activating group) is 1. The number of halogens is 1. The van der Waals surface area contributed by atoms with E-state index in [0.29, 0.717) is 50.2 Å². The van der Waals surface area contributed by atoms with Gasteiger partial charge in [0.05, 0.1) is 18.4 Å². The van der Waals surface area contributed by atoms with E-state index in [9.17, 15) is 4.79 Å². The lowest BCUT2D eigenvalue weighted by atomic mass is 9.94. The van der Waals surface area contributed by atoms with E-state index in [2.05, 4.69) is 39.4 Å². The Balaban J connectivity index is 1.51. The highest BCUT2D eigenvalue weighted by Crippen LogP contribution is 2.39. The van der Waals surface area contributed by atoms with Crippen LogP contribution in [-0.2, 0) is 22.6 Å². The Bertz CT molecular complexity index is 1480. The number of nitrogens with zero attached hydrogens (tertiary/aromatic N) is 6. The molecule has 1 saturated heterocycles. The molecule has 3 aromatic rings. The largest absolute Gasteiger partial charge is 0.459 e. The first-order valence-corrected chi connectivity index (χ1v) is 14.2. The summed E-state index contributed by atoms with van der Waals surface area (Å²) in [6.45, 7) is 15.8. The average molecular weight is 575 g/mol. The van der Waals surface area contributed by atoms with E-state index >= 15 is 0 Å². The molecule has 1 fully saturated rings. The number of carbonyl (C=O) groups is 1. The van der Waals surface area contributed by atoms with Gasteiger partial charge in [0.25, 0.3) is 0 Å². The molecular formula is C31H35ClN6O3. The van der Waals surface area contributed by atoms with Crippen molar-refractivity contribution in [3.05, 3.63) is 82.3 Å². The van der Waals surface area contributed by atoms with Gasteiger partial charge in [-0.25, -0.2) is 6.57 Å². The summed E-state index contributed by atoms with van der Waals surface area (Å²) in [5.74, 6) is 0.571. The third-order valence-electron chi connectivity index (χ3n) is 7.56. The van der Waals surface area contributed by atoms with Crippen LogP contribution >= 0.6 is 11.6 Å². The van der Waals surface area contributed by atoms with Gasteiger partial charge < -0.3 is 29.0 Å². The third kappa shape index (κ3) is 6.15. The molecule has 0 N–H and O–H groups in total.